The van der Waals surface area contributed by atoms with Crippen LogP contribution in [0, 0.1) is 11.8 Å². The van der Waals surface area contributed by atoms with Crippen LogP contribution in [-0.4, -0.2) is 12.3 Å². The first-order valence-electron chi connectivity index (χ1n) is 4.93. The third kappa shape index (κ3) is 2.44. The van der Waals surface area contributed by atoms with Gasteiger partial charge in [0.25, 0.3) is 0 Å². The van der Waals surface area contributed by atoms with Crippen LogP contribution in [0.3, 0.4) is 0 Å². The average Bonchev–Trinajstić information content (AvgIpc) is 2.53. The first-order valence-corrected chi connectivity index (χ1v) is 6.50. The molecule has 0 bridgehead atoms. The van der Waals surface area contributed by atoms with Crippen LogP contribution in [0.5, 0.6) is 0 Å². The molecule has 1 saturated carbocycles. The Morgan fingerprint density at radius 1 is 1.18 bits per heavy atom. The molecule has 11 heavy (non-hydrogen) atoms. The minimum Gasteiger partial charge on any atom is -0.122 e. The number of hydrogen-bond donors (Lipinski definition) is 0. The molecule has 0 heterocycles. The normalized spacial score (nSPS) is 26.5. The molecule has 0 aromatic heterocycles. The summed E-state index contributed by atoms with van der Waals surface area (Å²) in [6, 6.07) is 0. The van der Waals surface area contributed by atoms with Crippen molar-refractivity contribution in [1.82, 2.24) is 0 Å². The molecule has 0 spiro atoms. The summed E-state index contributed by atoms with van der Waals surface area (Å²) in [6.45, 7) is 7.22. The number of hydrogen-bond acceptors (Lipinski definition) is 0. The Balaban J connectivity index is 2.32. The standard InChI is InChI=1S/C10H21P/c1-8(9(2)11-3)10-6-4-5-7-10/h8-11H,4-7H2,1-3H3. The predicted molar refractivity (Wildman–Crippen MR) is 54.8 cm³/mol. The topological polar surface area (TPSA) is 0 Å². The minimum atomic E-state index is 0.970. The molecule has 0 aromatic carbocycles. The van der Waals surface area contributed by atoms with Crippen LogP contribution >= 0.6 is 8.58 Å². The van der Waals surface area contributed by atoms with E-state index in [1.165, 1.54) is 25.7 Å². The van der Waals surface area contributed by atoms with Crippen molar-refractivity contribution in [2.45, 2.75) is 45.2 Å². The van der Waals surface area contributed by atoms with E-state index in [4.69, 9.17) is 0 Å². The lowest BCUT2D eigenvalue weighted by Crippen LogP contribution is -2.17. The summed E-state index contributed by atoms with van der Waals surface area (Å²) in [4.78, 5) is 0. The van der Waals surface area contributed by atoms with Crippen LogP contribution in [0.4, 0.5) is 0 Å². The molecule has 1 heteroatoms. The molecule has 0 nitrogen and oxygen atoms in total. The molecular weight excluding hydrogens is 151 g/mol. The van der Waals surface area contributed by atoms with Crippen LogP contribution < -0.4 is 0 Å². The van der Waals surface area contributed by atoms with Crippen molar-refractivity contribution < 1.29 is 0 Å². The third-order valence-electron chi connectivity index (χ3n) is 3.39. The predicted octanol–water partition coefficient (Wildman–Crippen LogP) is 3.51. The molecular formula is C10H21P. The van der Waals surface area contributed by atoms with Gasteiger partial charge in [-0.1, -0.05) is 39.5 Å². The van der Waals surface area contributed by atoms with E-state index in [-0.39, 0.29) is 0 Å². The summed E-state index contributed by atoms with van der Waals surface area (Å²) in [5, 5.41) is 0. The minimum absolute atomic E-state index is 0.970. The van der Waals surface area contributed by atoms with Gasteiger partial charge >= 0.3 is 0 Å². The van der Waals surface area contributed by atoms with E-state index >= 15 is 0 Å². The van der Waals surface area contributed by atoms with Gasteiger partial charge in [0, 0.05) is 0 Å². The summed E-state index contributed by atoms with van der Waals surface area (Å²) < 4.78 is 0. The van der Waals surface area contributed by atoms with E-state index in [9.17, 15) is 0 Å². The second-order valence-corrected chi connectivity index (χ2v) is 5.47. The Kier molecular flexibility index (Phi) is 3.85. The Morgan fingerprint density at radius 2 is 1.73 bits per heavy atom. The molecule has 0 radical (unpaired) electrons. The van der Waals surface area contributed by atoms with Crippen molar-refractivity contribution in [2.75, 3.05) is 6.66 Å². The molecule has 0 N–H and O–H groups in total. The molecule has 0 amide bonds. The molecule has 3 unspecified atom stereocenters. The van der Waals surface area contributed by atoms with Gasteiger partial charge in [-0.2, -0.15) is 0 Å². The van der Waals surface area contributed by atoms with E-state index in [2.05, 4.69) is 20.5 Å². The van der Waals surface area contributed by atoms with Crippen LogP contribution in [-0.2, 0) is 0 Å². The van der Waals surface area contributed by atoms with Gasteiger partial charge in [0.05, 0.1) is 0 Å². The lowest BCUT2D eigenvalue weighted by molar-refractivity contribution is 0.364. The third-order valence-corrected chi connectivity index (χ3v) is 4.82. The largest absolute Gasteiger partial charge is 0.122 e. The zero-order chi connectivity index (χ0) is 8.27. The molecule has 3 atom stereocenters. The molecule has 0 saturated heterocycles. The van der Waals surface area contributed by atoms with E-state index in [0.717, 1.165) is 26.1 Å². The van der Waals surface area contributed by atoms with Gasteiger partial charge in [0.1, 0.15) is 0 Å². The summed E-state index contributed by atoms with van der Waals surface area (Å²) in [5.41, 5.74) is 0.970. The van der Waals surface area contributed by atoms with Gasteiger partial charge in [0.15, 0.2) is 0 Å². The second-order valence-electron chi connectivity index (χ2n) is 3.98. The maximum atomic E-state index is 2.46. The zero-order valence-corrected chi connectivity index (χ0v) is 9.06. The van der Waals surface area contributed by atoms with Gasteiger partial charge in [0.2, 0.25) is 0 Å². The van der Waals surface area contributed by atoms with Crippen molar-refractivity contribution in [1.29, 1.82) is 0 Å². The van der Waals surface area contributed by atoms with Crippen LogP contribution in [0.25, 0.3) is 0 Å². The fourth-order valence-electron chi connectivity index (χ4n) is 2.15. The average molecular weight is 172 g/mol. The highest BCUT2D eigenvalue weighted by Crippen LogP contribution is 2.37. The van der Waals surface area contributed by atoms with E-state index in [1.54, 1.807) is 0 Å². The van der Waals surface area contributed by atoms with Crippen molar-refractivity contribution in [3.63, 3.8) is 0 Å². The first kappa shape index (κ1) is 9.52. The highest BCUT2D eigenvalue weighted by atomic mass is 31.1. The molecule has 1 aliphatic carbocycles. The van der Waals surface area contributed by atoms with Crippen molar-refractivity contribution >= 4 is 8.58 Å². The van der Waals surface area contributed by atoms with Gasteiger partial charge in [-0.15, -0.1) is 8.58 Å². The van der Waals surface area contributed by atoms with Crippen LogP contribution in [0.15, 0.2) is 0 Å². The Hall–Kier alpha value is 0.430. The highest BCUT2D eigenvalue weighted by Gasteiger charge is 2.24. The van der Waals surface area contributed by atoms with E-state index in [0.29, 0.717) is 0 Å². The van der Waals surface area contributed by atoms with Gasteiger partial charge in [-0.3, -0.25) is 0 Å². The Labute approximate surface area is 72.9 Å². The zero-order valence-electron chi connectivity index (χ0n) is 8.06. The molecule has 1 aliphatic rings. The van der Waals surface area contributed by atoms with Crippen LogP contribution in [0.1, 0.15) is 39.5 Å². The van der Waals surface area contributed by atoms with E-state index < -0.39 is 0 Å². The quantitative estimate of drug-likeness (QED) is 0.571. The second kappa shape index (κ2) is 4.45. The Morgan fingerprint density at radius 3 is 2.18 bits per heavy atom. The molecule has 66 valence electrons. The van der Waals surface area contributed by atoms with E-state index in [1.807, 2.05) is 0 Å². The molecule has 0 aliphatic heterocycles. The highest BCUT2D eigenvalue weighted by molar-refractivity contribution is 7.37. The Bertz CT molecular complexity index is 105. The lowest BCUT2D eigenvalue weighted by Gasteiger charge is -2.24. The van der Waals surface area contributed by atoms with Crippen molar-refractivity contribution in [3.8, 4) is 0 Å². The van der Waals surface area contributed by atoms with Crippen molar-refractivity contribution in [3.05, 3.63) is 0 Å². The SMILES string of the molecule is CPC(C)C(C)C1CCCC1. The van der Waals surface area contributed by atoms with Gasteiger partial charge in [-0.05, 0) is 24.2 Å². The molecule has 1 rings (SSSR count). The first-order chi connectivity index (χ1) is 5.25. The number of rotatable bonds is 3. The van der Waals surface area contributed by atoms with Crippen LogP contribution in [0.2, 0.25) is 0 Å². The van der Waals surface area contributed by atoms with Gasteiger partial charge in [-0.25, -0.2) is 0 Å². The summed E-state index contributed by atoms with van der Waals surface area (Å²) in [6.07, 6.45) is 6.01. The summed E-state index contributed by atoms with van der Waals surface area (Å²) >= 11 is 0. The van der Waals surface area contributed by atoms with Crippen molar-refractivity contribution in [2.24, 2.45) is 11.8 Å². The lowest BCUT2D eigenvalue weighted by atomic mass is 9.90. The summed E-state index contributed by atoms with van der Waals surface area (Å²) in [7, 11) is 1.14. The fourth-order valence-corrected chi connectivity index (χ4v) is 2.95. The molecule has 0 aromatic rings. The van der Waals surface area contributed by atoms with Gasteiger partial charge < -0.3 is 0 Å². The smallest absolute Gasteiger partial charge is 0.0239 e. The maximum absolute atomic E-state index is 2.46. The summed E-state index contributed by atoms with van der Waals surface area (Å²) in [5.74, 6) is 2.05. The molecule has 1 fully saturated rings. The monoisotopic (exact) mass is 172 g/mol. The maximum Gasteiger partial charge on any atom is -0.0239 e. The fraction of sp³-hybridized carbons (Fsp3) is 1.00.